The first-order valence-electron chi connectivity index (χ1n) is 6.76. The number of rotatable bonds is 4. The molecule has 0 aliphatic rings. The molecule has 5 heteroatoms. The van der Waals surface area contributed by atoms with E-state index in [9.17, 15) is 4.79 Å². The van der Waals surface area contributed by atoms with E-state index in [-0.39, 0.29) is 11.7 Å². The van der Waals surface area contributed by atoms with Crippen LogP contribution in [0.4, 0.5) is 5.69 Å². The molecular weight excluding hydrogens is 346 g/mol. The van der Waals surface area contributed by atoms with Gasteiger partial charge in [0.2, 0.25) is 0 Å². The number of ether oxygens (including phenoxy) is 1. The number of hydrogen-bond acceptors (Lipinski definition) is 3. The van der Waals surface area contributed by atoms with E-state index in [4.69, 9.17) is 9.15 Å². The minimum atomic E-state index is -0.296. The Hall–Kier alpha value is -2.11. The summed E-state index contributed by atoms with van der Waals surface area (Å²) in [6.07, 6.45) is 0. The number of anilines is 1. The second-order valence-electron chi connectivity index (χ2n) is 4.77. The molecule has 3 rings (SSSR count). The molecule has 0 radical (unpaired) electrons. The largest absolute Gasteiger partial charge is 0.451 e. The van der Waals surface area contributed by atoms with Crippen molar-refractivity contribution in [2.75, 3.05) is 12.4 Å². The lowest BCUT2D eigenvalue weighted by molar-refractivity contribution is 0.0992. The van der Waals surface area contributed by atoms with Gasteiger partial charge >= 0.3 is 0 Å². The molecule has 0 saturated carbocycles. The second-order valence-corrected chi connectivity index (χ2v) is 5.63. The summed E-state index contributed by atoms with van der Waals surface area (Å²) in [6, 6.07) is 15.0. The first kappa shape index (κ1) is 14.8. The van der Waals surface area contributed by atoms with Crippen LogP contribution < -0.4 is 5.32 Å². The predicted molar refractivity (Wildman–Crippen MR) is 89.0 cm³/mol. The molecule has 0 bridgehead atoms. The van der Waals surface area contributed by atoms with Crippen molar-refractivity contribution in [3.8, 4) is 0 Å². The van der Waals surface area contributed by atoms with E-state index in [0.717, 1.165) is 15.4 Å². The van der Waals surface area contributed by atoms with Crippen molar-refractivity contribution in [1.29, 1.82) is 0 Å². The molecule has 4 nitrogen and oxygen atoms in total. The fraction of sp³-hybridized carbons (Fsp3) is 0.118. The van der Waals surface area contributed by atoms with Crippen molar-refractivity contribution in [1.82, 2.24) is 0 Å². The number of nitrogens with one attached hydrogen (secondary N) is 1. The van der Waals surface area contributed by atoms with Gasteiger partial charge in [-0.3, -0.25) is 4.79 Å². The SMILES string of the molecule is COCc1c(C(=O)Nc2ccccc2Br)oc2ccccc12. The number of benzene rings is 2. The van der Waals surface area contributed by atoms with Crippen LogP contribution in [0.25, 0.3) is 11.0 Å². The number of methoxy groups -OCH3 is 1. The molecule has 112 valence electrons. The Balaban J connectivity index is 2.00. The molecule has 0 atom stereocenters. The first-order valence-corrected chi connectivity index (χ1v) is 7.55. The minimum absolute atomic E-state index is 0.277. The molecule has 1 aromatic heterocycles. The Bertz CT molecular complexity index is 826. The van der Waals surface area contributed by atoms with Crippen molar-refractivity contribution in [3.05, 3.63) is 64.3 Å². The van der Waals surface area contributed by atoms with Gasteiger partial charge in [-0.15, -0.1) is 0 Å². The van der Waals surface area contributed by atoms with E-state index in [2.05, 4.69) is 21.2 Å². The van der Waals surface area contributed by atoms with Crippen LogP contribution in [-0.4, -0.2) is 13.0 Å². The Morgan fingerprint density at radius 3 is 2.68 bits per heavy atom. The lowest BCUT2D eigenvalue weighted by Crippen LogP contribution is -2.13. The summed E-state index contributed by atoms with van der Waals surface area (Å²) in [6.45, 7) is 0.315. The third kappa shape index (κ3) is 2.77. The highest BCUT2D eigenvalue weighted by atomic mass is 79.9. The molecule has 2 aromatic carbocycles. The number of fused-ring (bicyclic) bond motifs is 1. The van der Waals surface area contributed by atoms with Crippen LogP contribution in [0.3, 0.4) is 0 Å². The summed E-state index contributed by atoms with van der Waals surface area (Å²) in [7, 11) is 1.59. The maximum Gasteiger partial charge on any atom is 0.291 e. The molecule has 0 aliphatic carbocycles. The zero-order valence-electron chi connectivity index (χ0n) is 11.9. The molecule has 22 heavy (non-hydrogen) atoms. The molecule has 3 aromatic rings. The zero-order valence-corrected chi connectivity index (χ0v) is 13.5. The summed E-state index contributed by atoms with van der Waals surface area (Å²) in [5.74, 6) is -0.0195. The Kier molecular flexibility index (Phi) is 4.27. The quantitative estimate of drug-likeness (QED) is 0.740. The van der Waals surface area contributed by atoms with Gasteiger partial charge in [0.15, 0.2) is 5.76 Å². The topological polar surface area (TPSA) is 51.5 Å². The lowest BCUT2D eigenvalue weighted by Gasteiger charge is -2.06. The van der Waals surface area contributed by atoms with E-state index in [1.54, 1.807) is 7.11 Å². The van der Waals surface area contributed by atoms with Crippen molar-refractivity contribution in [2.45, 2.75) is 6.61 Å². The Labute approximate surface area is 136 Å². The van der Waals surface area contributed by atoms with Gasteiger partial charge in [0.25, 0.3) is 5.91 Å². The molecule has 1 heterocycles. The van der Waals surface area contributed by atoms with Crippen LogP contribution in [0, 0.1) is 0 Å². The first-order chi connectivity index (χ1) is 10.7. The van der Waals surface area contributed by atoms with Gasteiger partial charge in [-0.2, -0.15) is 0 Å². The summed E-state index contributed by atoms with van der Waals surface area (Å²) in [5.41, 5.74) is 2.12. The molecule has 1 amide bonds. The van der Waals surface area contributed by atoms with E-state index in [0.29, 0.717) is 17.9 Å². The van der Waals surface area contributed by atoms with Gasteiger partial charge in [0.05, 0.1) is 12.3 Å². The summed E-state index contributed by atoms with van der Waals surface area (Å²) >= 11 is 3.41. The lowest BCUT2D eigenvalue weighted by atomic mass is 10.1. The normalized spacial score (nSPS) is 10.8. The third-order valence-corrected chi connectivity index (χ3v) is 4.01. The molecule has 0 unspecified atom stereocenters. The smallest absolute Gasteiger partial charge is 0.291 e. The molecular formula is C17H14BrNO3. The molecule has 0 fully saturated rings. The van der Waals surface area contributed by atoms with Crippen molar-refractivity contribution in [3.63, 3.8) is 0 Å². The van der Waals surface area contributed by atoms with Gasteiger partial charge in [0.1, 0.15) is 5.58 Å². The Morgan fingerprint density at radius 2 is 1.91 bits per heavy atom. The summed E-state index contributed by atoms with van der Waals surface area (Å²) in [5, 5.41) is 3.74. The van der Waals surface area contributed by atoms with E-state index in [1.807, 2.05) is 48.5 Å². The van der Waals surface area contributed by atoms with Crippen LogP contribution in [-0.2, 0) is 11.3 Å². The maximum atomic E-state index is 12.6. The minimum Gasteiger partial charge on any atom is -0.451 e. The number of furan rings is 1. The monoisotopic (exact) mass is 359 g/mol. The van der Waals surface area contributed by atoms with Crippen molar-refractivity contribution >= 4 is 38.5 Å². The third-order valence-electron chi connectivity index (χ3n) is 3.32. The van der Waals surface area contributed by atoms with Crippen molar-refractivity contribution < 1.29 is 13.9 Å². The van der Waals surface area contributed by atoms with E-state index >= 15 is 0 Å². The van der Waals surface area contributed by atoms with Crippen LogP contribution in [0.5, 0.6) is 0 Å². The standard InChI is InChI=1S/C17H14BrNO3/c1-21-10-12-11-6-2-5-9-15(11)22-16(12)17(20)19-14-8-4-3-7-13(14)18/h2-9H,10H2,1H3,(H,19,20). The average Bonchev–Trinajstić information content (AvgIpc) is 2.89. The summed E-state index contributed by atoms with van der Waals surface area (Å²) < 4.78 is 11.7. The van der Waals surface area contributed by atoms with Gasteiger partial charge in [-0.05, 0) is 34.1 Å². The maximum absolute atomic E-state index is 12.6. The molecule has 1 N–H and O–H groups in total. The zero-order chi connectivity index (χ0) is 15.5. The number of hydrogen-bond donors (Lipinski definition) is 1. The fourth-order valence-electron chi connectivity index (χ4n) is 2.31. The molecule has 0 aliphatic heterocycles. The van der Waals surface area contributed by atoms with Crippen molar-refractivity contribution in [2.24, 2.45) is 0 Å². The second kappa shape index (κ2) is 6.34. The number of amides is 1. The van der Waals surface area contributed by atoms with Gasteiger partial charge in [0, 0.05) is 22.5 Å². The molecule has 0 saturated heterocycles. The predicted octanol–water partition coefficient (Wildman–Crippen LogP) is 4.59. The number of carbonyl (C=O) groups is 1. The van der Waals surface area contributed by atoms with Crippen LogP contribution >= 0.6 is 15.9 Å². The van der Waals surface area contributed by atoms with E-state index in [1.165, 1.54) is 0 Å². The number of carbonyl (C=O) groups excluding carboxylic acids is 1. The van der Waals surface area contributed by atoms with Gasteiger partial charge < -0.3 is 14.5 Å². The highest BCUT2D eigenvalue weighted by Crippen LogP contribution is 2.28. The average molecular weight is 360 g/mol. The highest BCUT2D eigenvalue weighted by Gasteiger charge is 2.20. The van der Waals surface area contributed by atoms with Crippen LogP contribution in [0.1, 0.15) is 16.1 Å². The van der Waals surface area contributed by atoms with Crippen LogP contribution in [0.15, 0.2) is 57.4 Å². The Morgan fingerprint density at radius 1 is 1.18 bits per heavy atom. The summed E-state index contributed by atoms with van der Waals surface area (Å²) in [4.78, 5) is 12.6. The number of halogens is 1. The molecule has 0 spiro atoms. The van der Waals surface area contributed by atoms with Gasteiger partial charge in [-0.25, -0.2) is 0 Å². The highest BCUT2D eigenvalue weighted by molar-refractivity contribution is 9.10. The van der Waals surface area contributed by atoms with Gasteiger partial charge in [-0.1, -0.05) is 30.3 Å². The number of para-hydroxylation sites is 2. The van der Waals surface area contributed by atoms with E-state index < -0.39 is 0 Å². The fourth-order valence-corrected chi connectivity index (χ4v) is 2.70. The van der Waals surface area contributed by atoms with Crippen LogP contribution in [0.2, 0.25) is 0 Å².